The molecule has 1 aromatic heterocycles. The highest BCUT2D eigenvalue weighted by atomic mass is 32.2. The Labute approximate surface area is 112 Å². The van der Waals surface area contributed by atoms with E-state index in [4.69, 9.17) is 5.73 Å². The first kappa shape index (κ1) is 13.6. The first-order valence-corrected chi connectivity index (χ1v) is 7.22. The molecule has 0 radical (unpaired) electrons. The molecule has 1 aromatic carbocycles. The van der Waals surface area contributed by atoms with Crippen LogP contribution < -0.4 is 10.5 Å². The SMILES string of the molecule is Cc1c(N)cccc1S(=O)(=O)NCc1ccnn1C. The minimum atomic E-state index is -3.58. The highest BCUT2D eigenvalue weighted by Crippen LogP contribution is 2.20. The van der Waals surface area contributed by atoms with E-state index in [0.717, 1.165) is 5.69 Å². The van der Waals surface area contributed by atoms with Crippen LogP contribution in [0, 0.1) is 6.92 Å². The Hall–Kier alpha value is -1.86. The minimum Gasteiger partial charge on any atom is -0.398 e. The molecule has 6 nitrogen and oxygen atoms in total. The van der Waals surface area contributed by atoms with Gasteiger partial charge in [-0.1, -0.05) is 6.07 Å². The van der Waals surface area contributed by atoms with Crippen LogP contribution in [0.4, 0.5) is 5.69 Å². The number of sulfonamides is 1. The number of nitrogens with one attached hydrogen (secondary N) is 1. The van der Waals surface area contributed by atoms with Crippen molar-refractivity contribution in [3.05, 3.63) is 41.7 Å². The van der Waals surface area contributed by atoms with Crippen LogP contribution in [0.5, 0.6) is 0 Å². The van der Waals surface area contributed by atoms with Gasteiger partial charge in [0.1, 0.15) is 0 Å². The van der Waals surface area contributed by atoms with Crippen LogP contribution in [-0.4, -0.2) is 18.2 Å². The number of aryl methyl sites for hydroxylation is 1. The Morgan fingerprint density at radius 2 is 2.11 bits per heavy atom. The summed E-state index contributed by atoms with van der Waals surface area (Å²) in [6.07, 6.45) is 1.62. The molecule has 0 fully saturated rings. The number of aromatic nitrogens is 2. The largest absolute Gasteiger partial charge is 0.398 e. The van der Waals surface area contributed by atoms with Crippen molar-refractivity contribution in [3.8, 4) is 0 Å². The van der Waals surface area contributed by atoms with Gasteiger partial charge in [-0.15, -0.1) is 0 Å². The van der Waals surface area contributed by atoms with Gasteiger partial charge in [0.15, 0.2) is 0 Å². The van der Waals surface area contributed by atoms with E-state index in [1.807, 2.05) is 0 Å². The standard InChI is InChI=1S/C12H16N4O2S/c1-9-11(13)4-3-5-12(9)19(17,18)15-8-10-6-7-14-16(10)2/h3-7,15H,8,13H2,1-2H3. The lowest BCUT2D eigenvalue weighted by molar-refractivity contribution is 0.576. The molecule has 0 atom stereocenters. The van der Waals surface area contributed by atoms with E-state index < -0.39 is 10.0 Å². The van der Waals surface area contributed by atoms with Gasteiger partial charge >= 0.3 is 0 Å². The predicted molar refractivity (Wildman–Crippen MR) is 72.8 cm³/mol. The fraction of sp³-hybridized carbons (Fsp3) is 0.250. The van der Waals surface area contributed by atoms with E-state index in [0.29, 0.717) is 11.3 Å². The van der Waals surface area contributed by atoms with E-state index in [2.05, 4.69) is 9.82 Å². The number of benzene rings is 1. The maximum Gasteiger partial charge on any atom is 0.241 e. The lowest BCUT2D eigenvalue weighted by Crippen LogP contribution is -2.25. The molecule has 2 rings (SSSR count). The van der Waals surface area contributed by atoms with Crippen molar-refractivity contribution in [1.29, 1.82) is 0 Å². The molecular weight excluding hydrogens is 264 g/mol. The van der Waals surface area contributed by atoms with Crippen LogP contribution in [-0.2, 0) is 23.6 Å². The molecule has 0 amide bonds. The molecule has 3 N–H and O–H groups in total. The van der Waals surface area contributed by atoms with Crippen LogP contribution in [0.2, 0.25) is 0 Å². The van der Waals surface area contributed by atoms with Crippen LogP contribution >= 0.6 is 0 Å². The van der Waals surface area contributed by atoms with Crippen LogP contribution in [0.25, 0.3) is 0 Å². The smallest absolute Gasteiger partial charge is 0.241 e. The summed E-state index contributed by atoms with van der Waals surface area (Å²) in [5.74, 6) is 0. The molecule has 2 aromatic rings. The zero-order valence-corrected chi connectivity index (χ0v) is 11.6. The van der Waals surface area contributed by atoms with Gasteiger partial charge in [-0.2, -0.15) is 5.10 Å². The zero-order valence-electron chi connectivity index (χ0n) is 10.8. The van der Waals surface area contributed by atoms with Gasteiger partial charge in [-0.25, -0.2) is 13.1 Å². The van der Waals surface area contributed by atoms with E-state index >= 15 is 0 Å². The number of nitrogens with zero attached hydrogens (tertiary/aromatic N) is 2. The summed E-state index contributed by atoms with van der Waals surface area (Å²) in [5, 5.41) is 3.98. The third-order valence-electron chi connectivity index (χ3n) is 2.98. The Kier molecular flexibility index (Phi) is 3.59. The van der Waals surface area contributed by atoms with Crippen molar-refractivity contribution in [2.45, 2.75) is 18.4 Å². The van der Waals surface area contributed by atoms with Gasteiger partial charge in [0.25, 0.3) is 0 Å². The highest BCUT2D eigenvalue weighted by molar-refractivity contribution is 7.89. The average Bonchev–Trinajstić information content (AvgIpc) is 2.76. The summed E-state index contributed by atoms with van der Waals surface area (Å²) in [7, 11) is -1.82. The quantitative estimate of drug-likeness (QED) is 0.810. The molecule has 1 heterocycles. The Morgan fingerprint density at radius 1 is 1.37 bits per heavy atom. The van der Waals surface area contributed by atoms with Crippen molar-refractivity contribution < 1.29 is 8.42 Å². The normalized spacial score (nSPS) is 11.7. The molecule has 19 heavy (non-hydrogen) atoms. The molecule has 0 saturated carbocycles. The molecule has 7 heteroatoms. The predicted octanol–water partition coefficient (Wildman–Crippen LogP) is 0.789. The van der Waals surface area contributed by atoms with E-state index in [1.165, 1.54) is 6.07 Å². The number of hydrogen-bond donors (Lipinski definition) is 2. The van der Waals surface area contributed by atoms with E-state index in [9.17, 15) is 8.42 Å². The van der Waals surface area contributed by atoms with Gasteiger partial charge in [0, 0.05) is 18.9 Å². The fourth-order valence-corrected chi connectivity index (χ4v) is 3.02. The second-order valence-electron chi connectivity index (χ2n) is 4.24. The van der Waals surface area contributed by atoms with Gasteiger partial charge in [0.2, 0.25) is 10.0 Å². The maximum atomic E-state index is 12.2. The fourth-order valence-electron chi connectivity index (χ4n) is 1.74. The summed E-state index contributed by atoms with van der Waals surface area (Å²) < 4.78 is 28.6. The van der Waals surface area contributed by atoms with Crippen molar-refractivity contribution in [3.63, 3.8) is 0 Å². The average molecular weight is 280 g/mol. The molecule has 0 unspecified atom stereocenters. The molecule has 0 spiro atoms. The van der Waals surface area contributed by atoms with E-state index in [1.54, 1.807) is 43.0 Å². The van der Waals surface area contributed by atoms with Gasteiger partial charge < -0.3 is 5.73 Å². The van der Waals surface area contributed by atoms with Gasteiger partial charge in [0.05, 0.1) is 17.1 Å². The lowest BCUT2D eigenvalue weighted by Gasteiger charge is -2.10. The minimum absolute atomic E-state index is 0.188. The molecule has 0 aliphatic rings. The number of hydrogen-bond acceptors (Lipinski definition) is 4. The summed E-state index contributed by atoms with van der Waals surface area (Å²) in [5.41, 5.74) is 7.53. The number of nitrogen functional groups attached to an aromatic ring is 1. The van der Waals surface area contributed by atoms with Crippen molar-refractivity contribution >= 4 is 15.7 Å². The first-order chi connectivity index (χ1) is 8.92. The maximum absolute atomic E-state index is 12.2. The zero-order chi connectivity index (χ0) is 14.0. The molecule has 0 bridgehead atoms. The Morgan fingerprint density at radius 3 is 2.74 bits per heavy atom. The van der Waals surface area contributed by atoms with Crippen molar-refractivity contribution in [2.24, 2.45) is 7.05 Å². The number of nitrogens with two attached hydrogens (primary N) is 1. The monoisotopic (exact) mass is 280 g/mol. The second-order valence-corrected chi connectivity index (χ2v) is 5.98. The second kappa shape index (κ2) is 5.02. The summed E-state index contributed by atoms with van der Waals surface area (Å²) in [6, 6.07) is 6.60. The third kappa shape index (κ3) is 2.77. The van der Waals surface area contributed by atoms with Crippen LogP contribution in [0.15, 0.2) is 35.4 Å². The lowest BCUT2D eigenvalue weighted by atomic mass is 10.2. The molecular formula is C12H16N4O2S. The highest BCUT2D eigenvalue weighted by Gasteiger charge is 2.17. The third-order valence-corrected chi connectivity index (χ3v) is 4.53. The van der Waals surface area contributed by atoms with Gasteiger partial charge in [-0.3, -0.25) is 4.68 Å². The van der Waals surface area contributed by atoms with Crippen LogP contribution in [0.3, 0.4) is 0 Å². The molecule has 102 valence electrons. The molecule has 0 aliphatic heterocycles. The summed E-state index contributed by atoms with van der Waals surface area (Å²) in [6.45, 7) is 1.88. The van der Waals surface area contributed by atoms with Crippen LogP contribution in [0.1, 0.15) is 11.3 Å². The molecule has 0 aliphatic carbocycles. The topological polar surface area (TPSA) is 90.0 Å². The first-order valence-electron chi connectivity index (χ1n) is 5.73. The van der Waals surface area contributed by atoms with Crippen molar-refractivity contribution in [2.75, 3.05) is 5.73 Å². The number of anilines is 1. The summed E-state index contributed by atoms with van der Waals surface area (Å²) in [4.78, 5) is 0.203. The molecule has 0 saturated heterocycles. The van der Waals surface area contributed by atoms with Crippen molar-refractivity contribution in [1.82, 2.24) is 14.5 Å². The summed E-state index contributed by atoms with van der Waals surface area (Å²) >= 11 is 0. The van der Waals surface area contributed by atoms with Gasteiger partial charge in [-0.05, 0) is 30.7 Å². The number of rotatable bonds is 4. The van der Waals surface area contributed by atoms with E-state index in [-0.39, 0.29) is 11.4 Å². The Bertz CT molecular complexity index is 692. The Balaban J connectivity index is 2.24.